The van der Waals surface area contributed by atoms with Crippen molar-refractivity contribution in [3.8, 4) is 0 Å². The lowest BCUT2D eigenvalue weighted by Gasteiger charge is -2.28. The summed E-state index contributed by atoms with van der Waals surface area (Å²) in [7, 11) is 0. The second-order valence-corrected chi connectivity index (χ2v) is 7.30. The van der Waals surface area contributed by atoms with Crippen molar-refractivity contribution >= 4 is 11.8 Å². The number of carbonyl (C=O) groups excluding carboxylic acids is 2. The average Bonchev–Trinajstić information content (AvgIpc) is 2.71. The fourth-order valence-corrected chi connectivity index (χ4v) is 2.99. The largest absolute Gasteiger partial charge is 0.364 e. The van der Waals surface area contributed by atoms with Gasteiger partial charge in [0.1, 0.15) is 12.0 Å². The predicted molar refractivity (Wildman–Crippen MR) is 87.6 cm³/mol. The van der Waals surface area contributed by atoms with Crippen LogP contribution in [-0.2, 0) is 11.2 Å². The first-order valence-electron chi connectivity index (χ1n) is 8.17. The van der Waals surface area contributed by atoms with Gasteiger partial charge < -0.3 is 10.6 Å². The van der Waals surface area contributed by atoms with E-state index in [4.69, 9.17) is 5.73 Å². The number of aromatic nitrogens is 2. The van der Waals surface area contributed by atoms with E-state index < -0.39 is 5.91 Å². The van der Waals surface area contributed by atoms with Crippen LogP contribution in [0.15, 0.2) is 12.4 Å². The molecule has 0 saturated carbocycles. The number of nitrogens with two attached hydrogens (primary N) is 1. The number of nitrogens with zero attached hydrogens (tertiary/aromatic N) is 3. The fraction of sp³-hybridized carbons (Fsp3) is 0.647. The highest BCUT2D eigenvalue weighted by atomic mass is 16.2. The van der Waals surface area contributed by atoms with Gasteiger partial charge in [-0.15, -0.1) is 0 Å². The topological polar surface area (TPSA) is 89.2 Å². The lowest BCUT2D eigenvalue weighted by molar-refractivity contribution is -0.139. The van der Waals surface area contributed by atoms with Crippen LogP contribution in [0.5, 0.6) is 0 Å². The highest BCUT2D eigenvalue weighted by Crippen LogP contribution is 2.25. The highest BCUT2D eigenvalue weighted by Gasteiger charge is 2.29. The zero-order valence-corrected chi connectivity index (χ0v) is 14.2. The number of amides is 2. The van der Waals surface area contributed by atoms with Crippen molar-refractivity contribution in [3.05, 3.63) is 23.8 Å². The maximum atomic E-state index is 12.4. The third kappa shape index (κ3) is 4.74. The molecule has 126 valence electrons. The monoisotopic (exact) mass is 318 g/mol. The summed E-state index contributed by atoms with van der Waals surface area (Å²) in [5.74, 6) is 0.149. The fourth-order valence-electron chi connectivity index (χ4n) is 2.99. The van der Waals surface area contributed by atoms with Gasteiger partial charge in [0, 0.05) is 24.2 Å². The van der Waals surface area contributed by atoms with Crippen molar-refractivity contribution in [1.29, 1.82) is 0 Å². The normalized spacial score (nSPS) is 19.3. The summed E-state index contributed by atoms with van der Waals surface area (Å²) in [6.07, 6.45) is 5.20. The molecule has 6 heteroatoms. The Bertz CT molecular complexity index is 580. The van der Waals surface area contributed by atoms with E-state index >= 15 is 0 Å². The molecule has 2 heterocycles. The maximum Gasteiger partial charge on any atom is 0.267 e. The molecular formula is C17H26N4O2. The van der Waals surface area contributed by atoms with Gasteiger partial charge in [-0.1, -0.05) is 20.8 Å². The van der Waals surface area contributed by atoms with Crippen LogP contribution in [0.3, 0.4) is 0 Å². The van der Waals surface area contributed by atoms with Crippen LogP contribution in [0.1, 0.15) is 56.2 Å². The minimum atomic E-state index is -0.531. The lowest BCUT2D eigenvalue weighted by atomic mass is 9.94. The first-order valence-corrected chi connectivity index (χ1v) is 8.17. The van der Waals surface area contributed by atoms with Crippen LogP contribution in [0.25, 0.3) is 0 Å². The Morgan fingerprint density at radius 1 is 1.26 bits per heavy atom. The van der Waals surface area contributed by atoms with Crippen LogP contribution >= 0.6 is 0 Å². The Labute approximate surface area is 137 Å². The van der Waals surface area contributed by atoms with Crippen LogP contribution in [-0.4, -0.2) is 39.8 Å². The molecule has 1 aromatic heterocycles. The van der Waals surface area contributed by atoms with Gasteiger partial charge in [0.05, 0.1) is 0 Å². The number of likely N-dealkylation sites (tertiary alicyclic amines) is 1. The van der Waals surface area contributed by atoms with Gasteiger partial charge >= 0.3 is 0 Å². The van der Waals surface area contributed by atoms with E-state index in [2.05, 4.69) is 9.97 Å². The maximum absolute atomic E-state index is 12.4. The van der Waals surface area contributed by atoms with Crippen LogP contribution in [0, 0.1) is 11.3 Å². The molecule has 0 spiro atoms. The Hall–Kier alpha value is -1.98. The first kappa shape index (κ1) is 17.4. The standard InChI is InChI=1S/C17H26N4O2/c1-17(2,3)16(23)21-7-4-5-12(6-8-21)9-13-10-14(15(18)22)20-11-19-13/h10-12H,4-9H2,1-3H3,(H2,18,22)/t12-/m1/s1. The van der Waals surface area contributed by atoms with Gasteiger partial charge in [-0.25, -0.2) is 9.97 Å². The van der Waals surface area contributed by atoms with Crippen LogP contribution in [0.2, 0.25) is 0 Å². The molecule has 1 fully saturated rings. The van der Waals surface area contributed by atoms with E-state index in [1.165, 1.54) is 6.33 Å². The van der Waals surface area contributed by atoms with Crippen molar-refractivity contribution in [2.75, 3.05) is 13.1 Å². The van der Waals surface area contributed by atoms with Crippen molar-refractivity contribution in [2.45, 2.75) is 46.5 Å². The van der Waals surface area contributed by atoms with E-state index in [0.717, 1.165) is 44.5 Å². The smallest absolute Gasteiger partial charge is 0.267 e. The Kier molecular flexibility index (Phi) is 5.34. The minimum absolute atomic E-state index is 0.219. The Balaban J connectivity index is 1.97. The van der Waals surface area contributed by atoms with Gasteiger partial charge in [0.15, 0.2) is 0 Å². The third-order valence-electron chi connectivity index (χ3n) is 4.25. The predicted octanol–water partition coefficient (Wildman–Crippen LogP) is 1.79. The van der Waals surface area contributed by atoms with Crippen LogP contribution < -0.4 is 5.73 Å². The molecule has 1 saturated heterocycles. The molecule has 2 amide bonds. The van der Waals surface area contributed by atoms with Gasteiger partial charge in [-0.3, -0.25) is 9.59 Å². The summed E-state index contributed by atoms with van der Waals surface area (Å²) >= 11 is 0. The molecule has 1 aliphatic rings. The van der Waals surface area contributed by atoms with E-state index in [0.29, 0.717) is 5.92 Å². The molecule has 2 rings (SSSR count). The van der Waals surface area contributed by atoms with Crippen molar-refractivity contribution in [1.82, 2.24) is 14.9 Å². The molecule has 2 N–H and O–H groups in total. The number of primary amides is 1. The van der Waals surface area contributed by atoms with Gasteiger partial charge in [0.2, 0.25) is 5.91 Å². The van der Waals surface area contributed by atoms with E-state index in [1.54, 1.807) is 6.07 Å². The SMILES string of the molecule is CC(C)(C)C(=O)N1CCC[C@@H](Cc2cc(C(N)=O)ncn2)CC1. The zero-order chi connectivity index (χ0) is 17.0. The number of carbonyl (C=O) groups is 2. The molecule has 0 bridgehead atoms. The second kappa shape index (κ2) is 7.06. The summed E-state index contributed by atoms with van der Waals surface area (Å²) in [6.45, 7) is 7.50. The van der Waals surface area contributed by atoms with E-state index in [1.807, 2.05) is 25.7 Å². The quantitative estimate of drug-likeness (QED) is 0.920. The minimum Gasteiger partial charge on any atom is -0.364 e. The molecule has 1 aliphatic heterocycles. The summed E-state index contributed by atoms with van der Waals surface area (Å²) in [5.41, 5.74) is 6.03. The van der Waals surface area contributed by atoms with E-state index in [9.17, 15) is 9.59 Å². The lowest BCUT2D eigenvalue weighted by Crippen LogP contribution is -2.40. The Morgan fingerprint density at radius 3 is 2.65 bits per heavy atom. The molecule has 0 unspecified atom stereocenters. The van der Waals surface area contributed by atoms with Gasteiger partial charge in [-0.2, -0.15) is 0 Å². The second-order valence-electron chi connectivity index (χ2n) is 7.30. The molecule has 1 aromatic rings. The molecule has 0 radical (unpaired) electrons. The first-order chi connectivity index (χ1) is 10.8. The summed E-state index contributed by atoms with van der Waals surface area (Å²) < 4.78 is 0. The molecule has 0 aromatic carbocycles. The Morgan fingerprint density at radius 2 is 2.00 bits per heavy atom. The average molecular weight is 318 g/mol. The number of hydrogen-bond acceptors (Lipinski definition) is 4. The van der Waals surface area contributed by atoms with E-state index in [-0.39, 0.29) is 17.0 Å². The molecule has 0 aliphatic carbocycles. The van der Waals surface area contributed by atoms with Crippen molar-refractivity contribution < 1.29 is 9.59 Å². The molecule has 6 nitrogen and oxygen atoms in total. The summed E-state index contributed by atoms with van der Waals surface area (Å²) in [4.78, 5) is 33.7. The zero-order valence-electron chi connectivity index (χ0n) is 14.2. The van der Waals surface area contributed by atoms with Gasteiger partial charge in [0.25, 0.3) is 5.91 Å². The number of rotatable bonds is 3. The van der Waals surface area contributed by atoms with Crippen molar-refractivity contribution in [2.24, 2.45) is 17.1 Å². The third-order valence-corrected chi connectivity index (χ3v) is 4.25. The van der Waals surface area contributed by atoms with Crippen LogP contribution in [0.4, 0.5) is 0 Å². The van der Waals surface area contributed by atoms with Crippen molar-refractivity contribution in [3.63, 3.8) is 0 Å². The molecule has 23 heavy (non-hydrogen) atoms. The highest BCUT2D eigenvalue weighted by molar-refractivity contribution is 5.90. The molecular weight excluding hydrogens is 292 g/mol. The number of hydrogen-bond donors (Lipinski definition) is 1. The van der Waals surface area contributed by atoms with Gasteiger partial charge in [-0.05, 0) is 37.7 Å². The molecule has 1 atom stereocenters. The summed E-state index contributed by atoms with van der Waals surface area (Å²) in [6, 6.07) is 1.67. The summed E-state index contributed by atoms with van der Waals surface area (Å²) in [5, 5.41) is 0.